The number of hydrogen-bond donors (Lipinski definition) is 2. The van der Waals surface area contributed by atoms with Gasteiger partial charge in [0.05, 0.1) is 12.3 Å². The van der Waals surface area contributed by atoms with Crippen LogP contribution in [0.3, 0.4) is 0 Å². The fourth-order valence-corrected chi connectivity index (χ4v) is 2.23. The summed E-state index contributed by atoms with van der Waals surface area (Å²) in [5.74, 6) is 0.734. The molecular formula is C15H17IN2O. The predicted octanol–water partition coefficient (Wildman–Crippen LogP) is 4.41. The Bertz CT molecular complexity index is 558. The zero-order valence-corrected chi connectivity index (χ0v) is 13.0. The Morgan fingerprint density at radius 2 is 1.95 bits per heavy atom. The van der Waals surface area contributed by atoms with Crippen molar-refractivity contribution in [2.24, 2.45) is 0 Å². The molecule has 0 aromatic heterocycles. The van der Waals surface area contributed by atoms with Gasteiger partial charge in [0.2, 0.25) is 0 Å². The molecule has 0 heterocycles. The van der Waals surface area contributed by atoms with E-state index in [2.05, 4.69) is 47.0 Å². The van der Waals surface area contributed by atoms with Crippen molar-refractivity contribution in [2.45, 2.75) is 13.3 Å². The zero-order valence-electron chi connectivity index (χ0n) is 10.8. The Morgan fingerprint density at radius 1 is 1.16 bits per heavy atom. The van der Waals surface area contributed by atoms with Crippen molar-refractivity contribution in [1.82, 2.24) is 0 Å². The Morgan fingerprint density at radius 3 is 2.68 bits per heavy atom. The van der Waals surface area contributed by atoms with Gasteiger partial charge in [-0.25, -0.2) is 0 Å². The lowest BCUT2D eigenvalue weighted by molar-refractivity contribution is 0.319. The SMILES string of the molecule is CCCOc1cc(Nc2cccc(I)c2)ccc1N. The summed E-state index contributed by atoms with van der Waals surface area (Å²) in [6.45, 7) is 2.75. The summed E-state index contributed by atoms with van der Waals surface area (Å²) in [5.41, 5.74) is 8.59. The van der Waals surface area contributed by atoms with Crippen LogP contribution in [0.2, 0.25) is 0 Å². The molecule has 2 rings (SSSR count). The molecule has 4 heteroatoms. The van der Waals surface area contributed by atoms with Gasteiger partial charge in [-0.1, -0.05) is 13.0 Å². The minimum atomic E-state index is 0.668. The van der Waals surface area contributed by atoms with Gasteiger partial charge in [-0.2, -0.15) is 0 Å². The number of ether oxygens (including phenoxy) is 1. The van der Waals surface area contributed by atoms with Gasteiger partial charge in [-0.15, -0.1) is 0 Å². The minimum Gasteiger partial charge on any atom is -0.491 e. The molecule has 0 atom stereocenters. The van der Waals surface area contributed by atoms with Crippen molar-refractivity contribution in [3.8, 4) is 5.75 Å². The average molecular weight is 368 g/mol. The van der Waals surface area contributed by atoms with Gasteiger partial charge in [-0.05, 0) is 59.3 Å². The van der Waals surface area contributed by atoms with Gasteiger partial charge in [0, 0.05) is 21.0 Å². The van der Waals surface area contributed by atoms with Crippen LogP contribution >= 0.6 is 22.6 Å². The van der Waals surface area contributed by atoms with Crippen LogP contribution in [-0.4, -0.2) is 6.61 Å². The number of hydrogen-bond acceptors (Lipinski definition) is 3. The Balaban J connectivity index is 2.16. The van der Waals surface area contributed by atoms with Crippen LogP contribution in [-0.2, 0) is 0 Å². The van der Waals surface area contributed by atoms with E-state index in [-0.39, 0.29) is 0 Å². The normalized spacial score (nSPS) is 10.2. The molecular weight excluding hydrogens is 351 g/mol. The van der Waals surface area contributed by atoms with Crippen LogP contribution in [0.1, 0.15) is 13.3 Å². The second-order valence-electron chi connectivity index (χ2n) is 4.24. The van der Waals surface area contributed by atoms with Gasteiger partial charge < -0.3 is 15.8 Å². The first-order valence-corrected chi connectivity index (χ1v) is 7.32. The molecule has 0 saturated carbocycles. The van der Waals surface area contributed by atoms with E-state index in [1.807, 2.05) is 30.3 Å². The highest BCUT2D eigenvalue weighted by atomic mass is 127. The highest BCUT2D eigenvalue weighted by molar-refractivity contribution is 14.1. The molecule has 0 bridgehead atoms. The first-order valence-electron chi connectivity index (χ1n) is 6.24. The number of nitrogens with one attached hydrogen (secondary N) is 1. The van der Waals surface area contributed by atoms with E-state index in [0.717, 1.165) is 23.5 Å². The monoisotopic (exact) mass is 368 g/mol. The number of benzene rings is 2. The molecule has 3 nitrogen and oxygen atoms in total. The van der Waals surface area contributed by atoms with Gasteiger partial charge in [-0.3, -0.25) is 0 Å². The molecule has 0 amide bonds. The van der Waals surface area contributed by atoms with Crippen LogP contribution < -0.4 is 15.8 Å². The Hall–Kier alpha value is -1.43. The molecule has 0 aliphatic rings. The molecule has 2 aromatic rings. The topological polar surface area (TPSA) is 47.3 Å². The molecule has 0 aliphatic heterocycles. The third kappa shape index (κ3) is 4.02. The number of nitrogen functional groups attached to an aromatic ring is 1. The first kappa shape index (κ1) is 14.0. The van der Waals surface area contributed by atoms with Crippen LogP contribution in [0.5, 0.6) is 5.75 Å². The molecule has 0 spiro atoms. The highest BCUT2D eigenvalue weighted by Gasteiger charge is 2.03. The number of halogens is 1. The first-order chi connectivity index (χ1) is 9.19. The molecule has 19 heavy (non-hydrogen) atoms. The summed E-state index contributed by atoms with van der Waals surface area (Å²) in [7, 11) is 0. The van der Waals surface area contributed by atoms with Crippen molar-refractivity contribution in [3.05, 3.63) is 46.0 Å². The number of nitrogens with two attached hydrogens (primary N) is 1. The van der Waals surface area contributed by atoms with E-state index >= 15 is 0 Å². The molecule has 100 valence electrons. The lowest BCUT2D eigenvalue weighted by Gasteiger charge is -2.12. The Kier molecular flexibility index (Phi) is 4.90. The minimum absolute atomic E-state index is 0.668. The molecule has 0 fully saturated rings. The number of rotatable bonds is 5. The van der Waals surface area contributed by atoms with E-state index < -0.39 is 0 Å². The summed E-state index contributed by atoms with van der Waals surface area (Å²) >= 11 is 2.29. The van der Waals surface area contributed by atoms with Gasteiger partial charge in [0.15, 0.2) is 0 Å². The lowest BCUT2D eigenvalue weighted by atomic mass is 10.2. The molecule has 0 radical (unpaired) electrons. The zero-order chi connectivity index (χ0) is 13.7. The van der Waals surface area contributed by atoms with E-state index in [0.29, 0.717) is 12.3 Å². The molecule has 0 unspecified atom stereocenters. The quantitative estimate of drug-likeness (QED) is 0.607. The molecule has 0 saturated heterocycles. The number of anilines is 3. The standard InChI is InChI=1S/C15H17IN2O/c1-2-8-19-15-10-13(6-7-14(15)17)18-12-5-3-4-11(16)9-12/h3-7,9-10,18H,2,8,17H2,1H3. The van der Waals surface area contributed by atoms with E-state index in [1.54, 1.807) is 0 Å². The van der Waals surface area contributed by atoms with Crippen LogP contribution in [0, 0.1) is 3.57 Å². The van der Waals surface area contributed by atoms with Crippen molar-refractivity contribution in [2.75, 3.05) is 17.7 Å². The van der Waals surface area contributed by atoms with Gasteiger partial charge in [0.25, 0.3) is 0 Å². The largest absolute Gasteiger partial charge is 0.491 e. The maximum atomic E-state index is 5.89. The fourth-order valence-electron chi connectivity index (χ4n) is 1.68. The maximum absolute atomic E-state index is 5.89. The average Bonchev–Trinajstić information content (AvgIpc) is 2.39. The summed E-state index contributed by atoms with van der Waals surface area (Å²) in [4.78, 5) is 0. The van der Waals surface area contributed by atoms with Crippen LogP contribution in [0.25, 0.3) is 0 Å². The second kappa shape index (κ2) is 6.65. The van der Waals surface area contributed by atoms with Crippen LogP contribution in [0.4, 0.5) is 17.1 Å². The highest BCUT2D eigenvalue weighted by Crippen LogP contribution is 2.28. The van der Waals surface area contributed by atoms with Crippen molar-refractivity contribution < 1.29 is 4.74 Å². The van der Waals surface area contributed by atoms with Gasteiger partial charge in [0.1, 0.15) is 5.75 Å². The second-order valence-corrected chi connectivity index (χ2v) is 5.48. The maximum Gasteiger partial charge on any atom is 0.144 e. The third-order valence-corrected chi connectivity index (χ3v) is 3.26. The smallest absolute Gasteiger partial charge is 0.144 e. The van der Waals surface area contributed by atoms with E-state index in [1.165, 1.54) is 3.57 Å². The van der Waals surface area contributed by atoms with Crippen LogP contribution in [0.15, 0.2) is 42.5 Å². The molecule has 0 aliphatic carbocycles. The summed E-state index contributed by atoms with van der Waals surface area (Å²) < 4.78 is 6.82. The van der Waals surface area contributed by atoms with Crippen molar-refractivity contribution >= 4 is 39.7 Å². The summed E-state index contributed by atoms with van der Waals surface area (Å²) in [5, 5.41) is 3.35. The van der Waals surface area contributed by atoms with Crippen molar-refractivity contribution in [1.29, 1.82) is 0 Å². The van der Waals surface area contributed by atoms with E-state index in [9.17, 15) is 0 Å². The summed E-state index contributed by atoms with van der Waals surface area (Å²) in [6, 6.07) is 14.0. The van der Waals surface area contributed by atoms with E-state index in [4.69, 9.17) is 10.5 Å². The molecule has 3 N–H and O–H groups in total. The fraction of sp³-hybridized carbons (Fsp3) is 0.200. The predicted molar refractivity (Wildman–Crippen MR) is 89.1 cm³/mol. The molecule has 2 aromatic carbocycles. The third-order valence-electron chi connectivity index (χ3n) is 2.59. The Labute approximate surface area is 127 Å². The van der Waals surface area contributed by atoms with Crippen molar-refractivity contribution in [3.63, 3.8) is 0 Å². The summed E-state index contributed by atoms with van der Waals surface area (Å²) in [6.07, 6.45) is 0.966. The van der Waals surface area contributed by atoms with Gasteiger partial charge >= 0.3 is 0 Å². The lowest BCUT2D eigenvalue weighted by Crippen LogP contribution is -2.00.